The predicted molar refractivity (Wildman–Crippen MR) is 118 cm³/mol. The number of pyridine rings is 1. The number of benzene rings is 1. The molecule has 0 radical (unpaired) electrons. The van der Waals surface area contributed by atoms with Crippen LogP contribution in [-0.4, -0.2) is 36.9 Å². The van der Waals surface area contributed by atoms with Crippen molar-refractivity contribution < 1.29 is 9.53 Å². The molecule has 1 amide bonds. The molecule has 3 aromatic heterocycles. The summed E-state index contributed by atoms with van der Waals surface area (Å²) >= 11 is 1.41. The molecule has 4 aromatic rings. The number of aromatic nitrogens is 4. The minimum Gasteiger partial charge on any atom is -0.486 e. The van der Waals surface area contributed by atoms with Crippen LogP contribution in [0.4, 0.5) is 0 Å². The number of ether oxygens (including phenoxy) is 1. The van der Waals surface area contributed by atoms with Crippen molar-refractivity contribution in [1.82, 2.24) is 24.5 Å². The Bertz CT molecular complexity index is 1230. The third-order valence-corrected chi connectivity index (χ3v) is 6.69. The second-order valence-corrected chi connectivity index (χ2v) is 8.85. The molecule has 8 heteroatoms. The fourth-order valence-corrected chi connectivity index (χ4v) is 4.92. The quantitative estimate of drug-likeness (QED) is 0.468. The van der Waals surface area contributed by atoms with Gasteiger partial charge >= 0.3 is 0 Å². The van der Waals surface area contributed by atoms with E-state index in [1.54, 1.807) is 0 Å². The molecule has 0 N–H and O–H groups in total. The van der Waals surface area contributed by atoms with Crippen LogP contribution in [0.25, 0.3) is 5.65 Å². The molecule has 1 saturated heterocycles. The summed E-state index contributed by atoms with van der Waals surface area (Å²) < 4.78 is 7.82. The molecule has 0 aliphatic carbocycles. The summed E-state index contributed by atoms with van der Waals surface area (Å²) in [6.07, 6.45) is 3.77. The summed E-state index contributed by atoms with van der Waals surface area (Å²) in [7, 11) is 0. The third kappa shape index (κ3) is 3.79. The van der Waals surface area contributed by atoms with Crippen LogP contribution in [0, 0.1) is 13.8 Å². The maximum absolute atomic E-state index is 13.4. The number of rotatable bonds is 5. The lowest BCUT2D eigenvalue weighted by molar-refractivity contribution is 0.0733. The number of fused-ring (bicyclic) bond motifs is 1. The Morgan fingerprint density at radius 2 is 2.00 bits per heavy atom. The first-order valence-corrected chi connectivity index (χ1v) is 11.2. The molecule has 5 rings (SSSR count). The molecular weight excluding hydrogens is 410 g/mol. The first-order chi connectivity index (χ1) is 15.1. The average Bonchev–Trinajstić information content (AvgIpc) is 3.50. The fourth-order valence-electron chi connectivity index (χ4n) is 3.99. The molecular formula is C23H23N5O2S. The van der Waals surface area contributed by atoms with Crippen LogP contribution in [0.3, 0.4) is 0 Å². The number of hydrogen-bond acceptors (Lipinski definition) is 6. The van der Waals surface area contributed by atoms with Gasteiger partial charge in [0.25, 0.3) is 5.91 Å². The number of carbonyl (C=O) groups is 1. The van der Waals surface area contributed by atoms with E-state index in [4.69, 9.17) is 4.74 Å². The number of thiazole rings is 1. The highest BCUT2D eigenvalue weighted by atomic mass is 32.1. The molecule has 0 saturated carbocycles. The lowest BCUT2D eigenvalue weighted by Gasteiger charge is -2.23. The van der Waals surface area contributed by atoms with Crippen LogP contribution in [0.2, 0.25) is 0 Å². The molecule has 31 heavy (non-hydrogen) atoms. The number of likely N-dealkylation sites (tertiary alicyclic amines) is 1. The third-order valence-electron chi connectivity index (χ3n) is 5.57. The molecule has 158 valence electrons. The maximum Gasteiger partial charge on any atom is 0.266 e. The largest absolute Gasteiger partial charge is 0.486 e. The summed E-state index contributed by atoms with van der Waals surface area (Å²) in [5, 5.41) is 9.44. The Kier molecular flexibility index (Phi) is 5.15. The Labute approximate surface area is 184 Å². The normalized spacial score (nSPS) is 16.2. The number of aryl methyl sites for hydroxylation is 2. The van der Waals surface area contributed by atoms with Crippen LogP contribution < -0.4 is 4.74 Å². The smallest absolute Gasteiger partial charge is 0.266 e. The van der Waals surface area contributed by atoms with E-state index in [0.717, 1.165) is 40.8 Å². The Hall–Kier alpha value is -3.26. The summed E-state index contributed by atoms with van der Waals surface area (Å²) in [5.74, 6) is 1.61. The maximum atomic E-state index is 13.4. The highest BCUT2D eigenvalue weighted by Crippen LogP contribution is 2.34. The van der Waals surface area contributed by atoms with Gasteiger partial charge in [0.2, 0.25) is 0 Å². The van der Waals surface area contributed by atoms with Gasteiger partial charge < -0.3 is 9.64 Å². The van der Waals surface area contributed by atoms with Crippen LogP contribution >= 0.6 is 11.3 Å². The van der Waals surface area contributed by atoms with E-state index < -0.39 is 0 Å². The zero-order valence-corrected chi connectivity index (χ0v) is 18.3. The van der Waals surface area contributed by atoms with Crippen molar-refractivity contribution in [2.75, 3.05) is 6.54 Å². The van der Waals surface area contributed by atoms with Crippen LogP contribution in [0.5, 0.6) is 5.75 Å². The van der Waals surface area contributed by atoms with E-state index in [9.17, 15) is 4.79 Å². The van der Waals surface area contributed by atoms with Gasteiger partial charge in [-0.25, -0.2) is 4.98 Å². The Morgan fingerprint density at radius 3 is 2.84 bits per heavy atom. The molecule has 0 unspecified atom stereocenters. The van der Waals surface area contributed by atoms with E-state index in [0.29, 0.717) is 18.0 Å². The number of hydrogen-bond donors (Lipinski definition) is 0. The van der Waals surface area contributed by atoms with E-state index in [2.05, 4.69) is 15.2 Å². The monoisotopic (exact) mass is 433 g/mol. The first kappa shape index (κ1) is 19.7. The number of nitrogens with zero attached hydrogens (tertiary/aromatic N) is 5. The van der Waals surface area contributed by atoms with Crippen molar-refractivity contribution in [3.05, 3.63) is 75.6 Å². The Balaban J connectivity index is 1.35. The minimum atomic E-state index is -0.0846. The van der Waals surface area contributed by atoms with Gasteiger partial charge in [0.15, 0.2) is 11.5 Å². The molecule has 0 spiro atoms. The second kappa shape index (κ2) is 8.11. The highest BCUT2D eigenvalue weighted by molar-refractivity contribution is 7.13. The van der Waals surface area contributed by atoms with Crippen molar-refractivity contribution in [1.29, 1.82) is 0 Å². The average molecular weight is 434 g/mol. The van der Waals surface area contributed by atoms with E-state index in [1.165, 1.54) is 16.9 Å². The second-order valence-electron chi connectivity index (χ2n) is 7.77. The lowest BCUT2D eigenvalue weighted by atomic mass is 10.2. The minimum absolute atomic E-state index is 0.00627. The predicted octanol–water partition coefficient (Wildman–Crippen LogP) is 4.36. The van der Waals surface area contributed by atoms with Crippen LogP contribution in [0.15, 0.2) is 48.7 Å². The van der Waals surface area contributed by atoms with Gasteiger partial charge in [0, 0.05) is 12.7 Å². The fraction of sp³-hybridized carbons (Fsp3) is 0.304. The van der Waals surface area contributed by atoms with Gasteiger partial charge in [-0.15, -0.1) is 21.5 Å². The molecule has 4 heterocycles. The summed E-state index contributed by atoms with van der Waals surface area (Å²) in [6, 6.07) is 13.6. The lowest BCUT2D eigenvalue weighted by Crippen LogP contribution is -2.31. The molecule has 1 fully saturated rings. The highest BCUT2D eigenvalue weighted by Gasteiger charge is 2.35. The first-order valence-electron chi connectivity index (χ1n) is 10.4. The summed E-state index contributed by atoms with van der Waals surface area (Å²) in [4.78, 5) is 20.6. The molecule has 7 nitrogen and oxygen atoms in total. The van der Waals surface area contributed by atoms with E-state index in [1.807, 2.05) is 71.8 Å². The van der Waals surface area contributed by atoms with Crippen LogP contribution in [0.1, 0.15) is 50.6 Å². The van der Waals surface area contributed by atoms with Crippen molar-refractivity contribution in [3.63, 3.8) is 0 Å². The Morgan fingerprint density at radius 1 is 1.16 bits per heavy atom. The van der Waals surface area contributed by atoms with E-state index >= 15 is 0 Å². The summed E-state index contributed by atoms with van der Waals surface area (Å²) in [6.45, 7) is 4.98. The SMILES string of the molecule is Cc1ccc(OCc2nc(C)c(C(=O)N3CCC[C@@H]3c3nnc4ccccn34)s2)cc1. The van der Waals surface area contributed by atoms with Crippen molar-refractivity contribution >= 4 is 22.9 Å². The van der Waals surface area contributed by atoms with Gasteiger partial charge in [-0.05, 0) is 51.0 Å². The zero-order chi connectivity index (χ0) is 21.4. The van der Waals surface area contributed by atoms with Crippen molar-refractivity contribution in [2.45, 2.75) is 39.3 Å². The van der Waals surface area contributed by atoms with E-state index in [-0.39, 0.29) is 11.9 Å². The van der Waals surface area contributed by atoms with Crippen LogP contribution in [-0.2, 0) is 6.61 Å². The van der Waals surface area contributed by atoms with Crippen molar-refractivity contribution in [3.8, 4) is 5.75 Å². The van der Waals surface area contributed by atoms with Gasteiger partial charge in [0.1, 0.15) is 22.2 Å². The van der Waals surface area contributed by atoms with Gasteiger partial charge in [-0.1, -0.05) is 23.8 Å². The molecule has 1 aliphatic rings. The standard InChI is InChI=1S/C23H23N5O2S/c1-15-8-10-17(11-9-15)30-14-20-24-16(2)21(31-20)23(29)27-13-5-6-18(27)22-26-25-19-7-3-4-12-28(19)22/h3-4,7-12,18H,5-6,13-14H2,1-2H3/t18-/m1/s1. The van der Waals surface area contributed by atoms with Gasteiger partial charge in [-0.2, -0.15) is 0 Å². The number of carbonyl (C=O) groups excluding carboxylic acids is 1. The summed E-state index contributed by atoms with van der Waals surface area (Å²) in [5.41, 5.74) is 2.72. The van der Waals surface area contributed by atoms with Gasteiger partial charge in [-0.3, -0.25) is 9.20 Å². The zero-order valence-electron chi connectivity index (χ0n) is 17.5. The molecule has 1 aromatic carbocycles. The van der Waals surface area contributed by atoms with Crippen molar-refractivity contribution in [2.24, 2.45) is 0 Å². The topological polar surface area (TPSA) is 72.6 Å². The molecule has 1 atom stereocenters. The van der Waals surface area contributed by atoms with Gasteiger partial charge in [0.05, 0.1) is 11.7 Å². The molecule has 1 aliphatic heterocycles. The molecule has 0 bridgehead atoms. The number of amides is 1.